The number of rotatable bonds is 2. The van der Waals surface area contributed by atoms with Crippen LogP contribution < -0.4 is 10.2 Å². The Morgan fingerprint density at radius 1 is 1.57 bits per heavy atom. The van der Waals surface area contributed by atoms with Gasteiger partial charge in [-0.1, -0.05) is 6.92 Å². The Morgan fingerprint density at radius 3 is 2.91 bits per heavy atom. The Morgan fingerprint density at radius 2 is 2.26 bits per heavy atom. The molecular weight excluding hydrogens is 323 g/mol. The van der Waals surface area contributed by atoms with Crippen LogP contribution in [0.15, 0.2) is 6.20 Å². The van der Waals surface area contributed by atoms with Crippen molar-refractivity contribution >= 4 is 23.5 Å². The zero-order chi connectivity index (χ0) is 17.0. The highest BCUT2D eigenvalue weighted by Crippen LogP contribution is 2.56. The zero-order valence-electron chi connectivity index (χ0n) is 13.6. The molecule has 3 rings (SSSR count). The number of ether oxygens (including phenoxy) is 1. The molecule has 2 heterocycles. The third-order valence-electron chi connectivity index (χ3n) is 4.57. The average molecular weight is 343 g/mol. The summed E-state index contributed by atoms with van der Waals surface area (Å²) in [5.74, 6) is 0.209. The van der Waals surface area contributed by atoms with Crippen molar-refractivity contribution in [2.75, 3.05) is 18.0 Å². The number of piperidine rings is 1. The maximum absolute atomic E-state index is 13.9. The molecule has 1 aliphatic carbocycles. The normalized spacial score (nSPS) is 29.2. The summed E-state index contributed by atoms with van der Waals surface area (Å²) >= 11 is 5.76. The van der Waals surface area contributed by atoms with Crippen molar-refractivity contribution in [1.82, 2.24) is 15.3 Å². The molecular formula is C15H20ClFN4O2. The smallest absolute Gasteiger partial charge is 0.408 e. The van der Waals surface area contributed by atoms with E-state index >= 15 is 0 Å². The minimum atomic E-state index is -0.557. The zero-order valence-corrected chi connectivity index (χ0v) is 14.3. The lowest BCUT2D eigenvalue weighted by molar-refractivity contribution is 0.0494. The summed E-state index contributed by atoms with van der Waals surface area (Å²) in [6, 6.07) is 0. The lowest BCUT2D eigenvalue weighted by Crippen LogP contribution is -2.46. The highest BCUT2D eigenvalue weighted by Gasteiger charge is 2.68. The molecule has 126 valence electrons. The minimum Gasteiger partial charge on any atom is -0.444 e. The van der Waals surface area contributed by atoms with Crippen molar-refractivity contribution < 1.29 is 13.9 Å². The Bertz CT molecular complexity index is 651. The number of aromatic nitrogens is 2. The molecule has 2 aliphatic rings. The second-order valence-corrected chi connectivity index (χ2v) is 7.59. The van der Waals surface area contributed by atoms with Gasteiger partial charge >= 0.3 is 6.09 Å². The SMILES string of the molecule is C[C@H]1[C@H]2CN(c3nc(Cl)ncc3F)C[C@]21NC(=O)OC(C)(C)C. The Kier molecular flexibility index (Phi) is 3.66. The van der Waals surface area contributed by atoms with Crippen LogP contribution in [0.4, 0.5) is 15.0 Å². The van der Waals surface area contributed by atoms with Gasteiger partial charge in [0, 0.05) is 19.0 Å². The summed E-state index contributed by atoms with van der Waals surface area (Å²) in [6.45, 7) is 8.61. The van der Waals surface area contributed by atoms with Crippen LogP contribution in [0.5, 0.6) is 0 Å². The molecule has 1 aromatic heterocycles. The second kappa shape index (κ2) is 5.19. The second-order valence-electron chi connectivity index (χ2n) is 7.25. The van der Waals surface area contributed by atoms with E-state index in [1.165, 1.54) is 0 Å². The number of carbonyl (C=O) groups excluding carboxylic acids is 1. The molecule has 23 heavy (non-hydrogen) atoms. The van der Waals surface area contributed by atoms with E-state index in [0.29, 0.717) is 19.0 Å². The van der Waals surface area contributed by atoms with E-state index in [-0.39, 0.29) is 17.0 Å². The first kappa shape index (κ1) is 16.2. The highest BCUT2D eigenvalue weighted by molar-refractivity contribution is 6.28. The molecule has 6 nitrogen and oxygen atoms in total. The van der Waals surface area contributed by atoms with Crippen molar-refractivity contribution in [1.29, 1.82) is 0 Å². The Balaban J connectivity index is 1.73. The summed E-state index contributed by atoms with van der Waals surface area (Å²) in [5, 5.41) is 2.97. The van der Waals surface area contributed by atoms with E-state index in [2.05, 4.69) is 22.2 Å². The molecule has 1 N–H and O–H groups in total. The van der Waals surface area contributed by atoms with Gasteiger partial charge in [0.05, 0.1) is 11.7 Å². The molecule has 1 saturated carbocycles. The van der Waals surface area contributed by atoms with Gasteiger partial charge in [-0.3, -0.25) is 0 Å². The van der Waals surface area contributed by atoms with E-state index in [1.807, 2.05) is 20.8 Å². The fourth-order valence-corrected chi connectivity index (χ4v) is 3.52. The monoisotopic (exact) mass is 342 g/mol. The molecule has 1 aromatic rings. The number of halogens is 2. The number of alkyl carbamates (subject to hydrolysis) is 1. The first-order valence-electron chi connectivity index (χ1n) is 7.56. The van der Waals surface area contributed by atoms with Crippen LogP contribution in [-0.2, 0) is 4.74 Å². The van der Waals surface area contributed by atoms with E-state index in [0.717, 1.165) is 6.20 Å². The fourth-order valence-electron chi connectivity index (χ4n) is 3.39. The van der Waals surface area contributed by atoms with Gasteiger partial charge in [-0.2, -0.15) is 4.98 Å². The third kappa shape index (κ3) is 2.94. The first-order chi connectivity index (χ1) is 10.6. The third-order valence-corrected chi connectivity index (χ3v) is 4.75. The lowest BCUT2D eigenvalue weighted by Gasteiger charge is -2.26. The number of amides is 1. The molecule has 3 atom stereocenters. The van der Waals surface area contributed by atoms with Gasteiger partial charge in [0.25, 0.3) is 0 Å². The predicted octanol–water partition coefficient (Wildman–Crippen LogP) is 2.62. The average Bonchev–Trinajstić information content (AvgIpc) is 2.79. The molecule has 0 aromatic carbocycles. The molecule has 0 unspecified atom stereocenters. The summed E-state index contributed by atoms with van der Waals surface area (Å²) in [5.41, 5.74) is -0.953. The minimum absolute atomic E-state index is 0.00386. The number of anilines is 1. The molecule has 1 aliphatic heterocycles. The van der Waals surface area contributed by atoms with Gasteiger partial charge in [0.2, 0.25) is 5.28 Å². The summed E-state index contributed by atoms with van der Waals surface area (Å²) in [4.78, 5) is 21.5. The van der Waals surface area contributed by atoms with Crippen molar-refractivity contribution in [3.63, 3.8) is 0 Å². The maximum Gasteiger partial charge on any atom is 0.408 e. The van der Waals surface area contributed by atoms with Crippen molar-refractivity contribution in [2.24, 2.45) is 11.8 Å². The van der Waals surface area contributed by atoms with Gasteiger partial charge < -0.3 is 15.0 Å². The molecule has 0 bridgehead atoms. The van der Waals surface area contributed by atoms with E-state index in [1.54, 1.807) is 4.90 Å². The summed E-state index contributed by atoms with van der Waals surface area (Å²) in [7, 11) is 0. The number of hydrogen-bond donors (Lipinski definition) is 1. The van der Waals surface area contributed by atoms with Gasteiger partial charge in [-0.05, 0) is 38.3 Å². The van der Waals surface area contributed by atoms with Crippen LogP contribution in [0.1, 0.15) is 27.7 Å². The van der Waals surface area contributed by atoms with Crippen LogP contribution in [0, 0.1) is 17.7 Å². The van der Waals surface area contributed by atoms with Crippen molar-refractivity contribution in [3.05, 3.63) is 17.3 Å². The van der Waals surface area contributed by atoms with Gasteiger partial charge in [-0.25, -0.2) is 14.2 Å². The molecule has 1 saturated heterocycles. The molecule has 1 amide bonds. The van der Waals surface area contributed by atoms with E-state index in [9.17, 15) is 9.18 Å². The van der Waals surface area contributed by atoms with Gasteiger partial charge in [0.15, 0.2) is 11.6 Å². The Hall–Kier alpha value is -1.63. The number of nitrogens with zero attached hydrogens (tertiary/aromatic N) is 3. The Labute approximate surface area is 139 Å². The molecule has 0 spiro atoms. The fraction of sp³-hybridized carbons (Fsp3) is 0.667. The quantitative estimate of drug-likeness (QED) is 0.837. The number of nitrogens with one attached hydrogen (secondary N) is 1. The van der Waals surface area contributed by atoms with Crippen molar-refractivity contribution in [3.8, 4) is 0 Å². The van der Waals surface area contributed by atoms with Crippen molar-refractivity contribution in [2.45, 2.75) is 38.8 Å². The molecule has 0 radical (unpaired) electrons. The lowest BCUT2D eigenvalue weighted by atomic mass is 10.2. The maximum atomic E-state index is 13.9. The topological polar surface area (TPSA) is 67.4 Å². The standard InChI is InChI=1S/C15H20ClFN4O2/c1-8-9-6-21(11-10(17)5-18-12(16)19-11)7-15(8,9)20-13(22)23-14(2,3)4/h5,8-9H,6-7H2,1-4H3,(H,20,22)/t8-,9+,15+/m0/s1. The number of carbonyl (C=O) groups is 1. The summed E-state index contributed by atoms with van der Waals surface area (Å²) < 4.78 is 19.3. The largest absolute Gasteiger partial charge is 0.444 e. The van der Waals surface area contributed by atoms with Crippen LogP contribution in [0.25, 0.3) is 0 Å². The van der Waals surface area contributed by atoms with E-state index < -0.39 is 23.1 Å². The predicted molar refractivity (Wildman–Crippen MR) is 84.0 cm³/mol. The van der Waals surface area contributed by atoms with Crippen LogP contribution in [0.2, 0.25) is 5.28 Å². The number of fused-ring (bicyclic) bond motifs is 1. The summed E-state index contributed by atoms with van der Waals surface area (Å²) in [6.07, 6.45) is 0.612. The molecule has 2 fully saturated rings. The first-order valence-corrected chi connectivity index (χ1v) is 7.94. The van der Waals surface area contributed by atoms with Crippen LogP contribution in [-0.4, -0.2) is 40.3 Å². The number of hydrogen-bond acceptors (Lipinski definition) is 5. The van der Waals surface area contributed by atoms with E-state index in [4.69, 9.17) is 16.3 Å². The van der Waals surface area contributed by atoms with Gasteiger partial charge in [0.1, 0.15) is 5.60 Å². The van der Waals surface area contributed by atoms with Crippen LogP contribution in [0.3, 0.4) is 0 Å². The van der Waals surface area contributed by atoms with Gasteiger partial charge in [-0.15, -0.1) is 0 Å². The van der Waals surface area contributed by atoms with Crippen LogP contribution >= 0.6 is 11.6 Å². The molecule has 8 heteroatoms. The highest BCUT2D eigenvalue weighted by atomic mass is 35.5.